The number of hydrogen-bond acceptors (Lipinski definition) is 8. The van der Waals surface area contributed by atoms with E-state index in [2.05, 4.69) is 31.3 Å². The van der Waals surface area contributed by atoms with Gasteiger partial charge in [-0.3, -0.25) is 4.79 Å². The summed E-state index contributed by atoms with van der Waals surface area (Å²) in [5.74, 6) is -0.132. The van der Waals surface area contributed by atoms with Gasteiger partial charge in [-0.05, 0) is 38.5 Å². The van der Waals surface area contributed by atoms with E-state index in [4.69, 9.17) is 9.47 Å². The van der Waals surface area contributed by atoms with E-state index >= 15 is 0 Å². The monoisotopic (exact) mass is 1290 g/mol. The summed E-state index contributed by atoms with van der Waals surface area (Å²) in [5, 5.41) is 55.1. The molecular weight excluding hydrogens is 1130 g/mol. The maximum Gasteiger partial charge on any atom is 0.220 e. The average molecular weight is 1290 g/mol. The minimum absolute atomic E-state index is 0.131. The van der Waals surface area contributed by atoms with Crippen molar-refractivity contribution in [3.63, 3.8) is 0 Å². The second-order valence-electron chi connectivity index (χ2n) is 29.3. The molecule has 91 heavy (non-hydrogen) atoms. The Balaban J connectivity index is 2.03. The van der Waals surface area contributed by atoms with Crippen LogP contribution < -0.4 is 5.32 Å². The SMILES string of the molecule is CCCCCCCCCC/C=C\CCCCCCCCCCCCCCCCCCCCCCCCCC(=O)NC(COC1OC(CO)C(O)C(O)C1O)C(O)CCCCCCCCCCCCCCCCCCCCCCCCCCCCCCCCCCC. The molecule has 0 aromatic heterocycles. The van der Waals surface area contributed by atoms with Crippen molar-refractivity contribution >= 4 is 5.91 Å². The fourth-order valence-electron chi connectivity index (χ4n) is 13.9. The zero-order valence-corrected chi connectivity index (χ0v) is 61.2. The van der Waals surface area contributed by atoms with Crippen molar-refractivity contribution < 1.29 is 39.8 Å². The van der Waals surface area contributed by atoms with Crippen LogP contribution in [0.3, 0.4) is 0 Å². The molecule has 1 heterocycles. The molecule has 0 aliphatic carbocycles. The van der Waals surface area contributed by atoms with Crippen molar-refractivity contribution in [3.05, 3.63) is 12.2 Å². The van der Waals surface area contributed by atoms with E-state index in [0.717, 1.165) is 38.5 Å². The molecule has 1 aliphatic heterocycles. The van der Waals surface area contributed by atoms with E-state index in [1.165, 1.54) is 385 Å². The van der Waals surface area contributed by atoms with E-state index in [0.29, 0.717) is 12.8 Å². The molecule has 0 bridgehead atoms. The van der Waals surface area contributed by atoms with Crippen molar-refractivity contribution in [2.75, 3.05) is 13.2 Å². The predicted octanol–water partition coefficient (Wildman–Crippen LogP) is 23.8. The Morgan fingerprint density at radius 3 is 0.890 bits per heavy atom. The van der Waals surface area contributed by atoms with Gasteiger partial charge in [-0.2, -0.15) is 0 Å². The van der Waals surface area contributed by atoms with Crippen LogP contribution in [-0.4, -0.2) is 87.5 Å². The molecule has 0 saturated carbocycles. The van der Waals surface area contributed by atoms with Crippen LogP contribution in [0.5, 0.6) is 0 Å². The summed E-state index contributed by atoms with van der Waals surface area (Å²) in [4.78, 5) is 13.2. The number of carbonyl (C=O) groups is 1. The molecule has 0 aromatic rings. The molecule has 1 rings (SSSR count). The Kier molecular flexibility index (Phi) is 69.3. The Morgan fingerprint density at radius 1 is 0.363 bits per heavy atom. The van der Waals surface area contributed by atoms with Crippen molar-refractivity contribution in [2.24, 2.45) is 0 Å². The first-order chi connectivity index (χ1) is 44.8. The van der Waals surface area contributed by atoms with Crippen LogP contribution in [0.4, 0.5) is 0 Å². The number of amides is 1. The fraction of sp³-hybridized carbons (Fsp3) is 0.963. The van der Waals surface area contributed by atoms with Crippen molar-refractivity contribution in [3.8, 4) is 0 Å². The van der Waals surface area contributed by atoms with Crippen LogP contribution in [0.2, 0.25) is 0 Å². The Hall–Kier alpha value is -1.07. The van der Waals surface area contributed by atoms with Crippen molar-refractivity contribution in [2.45, 2.75) is 493 Å². The highest BCUT2D eigenvalue weighted by atomic mass is 16.7. The minimum atomic E-state index is -1.55. The lowest BCUT2D eigenvalue weighted by Gasteiger charge is -2.40. The summed E-state index contributed by atoms with van der Waals surface area (Å²) < 4.78 is 11.4. The molecule has 1 amide bonds. The molecule has 0 radical (unpaired) electrons. The topological polar surface area (TPSA) is 149 Å². The van der Waals surface area contributed by atoms with Crippen LogP contribution in [0.25, 0.3) is 0 Å². The molecule has 7 atom stereocenters. The lowest BCUT2D eigenvalue weighted by molar-refractivity contribution is -0.302. The maximum atomic E-state index is 13.2. The second kappa shape index (κ2) is 71.7. The van der Waals surface area contributed by atoms with Crippen molar-refractivity contribution in [1.29, 1.82) is 0 Å². The molecule has 1 aliphatic rings. The molecule has 9 heteroatoms. The predicted molar refractivity (Wildman–Crippen MR) is 392 cm³/mol. The molecule has 9 nitrogen and oxygen atoms in total. The summed E-state index contributed by atoms with van der Waals surface area (Å²) >= 11 is 0. The summed E-state index contributed by atoms with van der Waals surface area (Å²) in [6.07, 6.45) is 87.7. The normalized spacial score (nSPS) is 17.6. The van der Waals surface area contributed by atoms with Gasteiger partial charge in [0.1, 0.15) is 24.4 Å². The van der Waals surface area contributed by atoms with Gasteiger partial charge in [0.05, 0.1) is 25.4 Å². The fourth-order valence-corrected chi connectivity index (χ4v) is 13.9. The van der Waals surface area contributed by atoms with Crippen LogP contribution in [-0.2, 0) is 14.3 Å². The van der Waals surface area contributed by atoms with Crippen LogP contribution in [0, 0.1) is 0 Å². The molecule has 1 fully saturated rings. The average Bonchev–Trinajstić information content (AvgIpc) is 1.58. The van der Waals surface area contributed by atoms with Gasteiger partial charge in [0.15, 0.2) is 6.29 Å². The van der Waals surface area contributed by atoms with Gasteiger partial charge in [0.2, 0.25) is 5.91 Å². The number of aliphatic hydroxyl groups is 5. The number of ether oxygens (including phenoxy) is 2. The van der Waals surface area contributed by atoms with Crippen molar-refractivity contribution in [1.82, 2.24) is 5.32 Å². The molecule has 1 saturated heterocycles. The number of aliphatic hydroxyl groups excluding tert-OH is 5. The highest BCUT2D eigenvalue weighted by Gasteiger charge is 2.44. The first kappa shape index (κ1) is 87.9. The highest BCUT2D eigenvalue weighted by molar-refractivity contribution is 5.76. The lowest BCUT2D eigenvalue weighted by atomic mass is 9.99. The largest absolute Gasteiger partial charge is 0.394 e. The van der Waals surface area contributed by atoms with E-state index in [9.17, 15) is 30.3 Å². The number of allylic oxidation sites excluding steroid dienone is 2. The quantitative estimate of drug-likeness (QED) is 0.0261. The highest BCUT2D eigenvalue weighted by Crippen LogP contribution is 2.25. The van der Waals surface area contributed by atoms with E-state index in [1.54, 1.807) is 0 Å². The van der Waals surface area contributed by atoms with Gasteiger partial charge in [-0.1, -0.05) is 418 Å². The van der Waals surface area contributed by atoms with Gasteiger partial charge in [0.25, 0.3) is 0 Å². The van der Waals surface area contributed by atoms with Gasteiger partial charge >= 0.3 is 0 Å². The van der Waals surface area contributed by atoms with Crippen LogP contribution >= 0.6 is 0 Å². The second-order valence-corrected chi connectivity index (χ2v) is 29.3. The zero-order chi connectivity index (χ0) is 65.7. The van der Waals surface area contributed by atoms with E-state index < -0.39 is 49.5 Å². The molecule has 542 valence electrons. The van der Waals surface area contributed by atoms with Crippen LogP contribution in [0.15, 0.2) is 12.2 Å². The standard InChI is InChI=1S/C82H161NO8/c1-3-5-7-9-11-13-15-17-19-21-23-25-27-29-31-33-35-37-38-40-42-44-46-48-50-52-54-56-58-60-62-64-66-68-70-72-78(86)83-75(74-90-82-81(89)80(88)79(87)77(73-84)91-82)76(85)71-69-67-65-63-61-59-57-55-53-51-49-47-45-43-41-39-36-34-32-30-28-26-24-22-20-18-16-14-12-10-8-6-4-2/h21,23,75-77,79-82,84-85,87-89H,3-20,22,24-74H2,1-2H3,(H,83,86)/b23-21-. The third-order valence-corrected chi connectivity index (χ3v) is 20.4. The molecular formula is C82H161NO8. The Bertz CT molecular complexity index is 1450. The first-order valence-corrected chi connectivity index (χ1v) is 41.4. The van der Waals surface area contributed by atoms with Gasteiger partial charge in [-0.15, -0.1) is 0 Å². The summed E-state index contributed by atoms with van der Waals surface area (Å²) in [7, 11) is 0. The minimum Gasteiger partial charge on any atom is -0.394 e. The van der Waals surface area contributed by atoms with Gasteiger partial charge in [0, 0.05) is 6.42 Å². The smallest absolute Gasteiger partial charge is 0.220 e. The Morgan fingerprint density at radius 2 is 0.615 bits per heavy atom. The zero-order valence-electron chi connectivity index (χ0n) is 61.2. The van der Waals surface area contributed by atoms with Gasteiger partial charge < -0.3 is 40.3 Å². The maximum absolute atomic E-state index is 13.2. The third-order valence-electron chi connectivity index (χ3n) is 20.4. The summed E-state index contributed by atoms with van der Waals surface area (Å²) in [5.41, 5.74) is 0. The third kappa shape index (κ3) is 59.9. The summed E-state index contributed by atoms with van der Waals surface area (Å²) in [6.45, 7) is 3.92. The molecule has 0 spiro atoms. The van der Waals surface area contributed by atoms with E-state index in [1.807, 2.05) is 0 Å². The number of unbranched alkanes of at least 4 members (excludes halogenated alkanes) is 63. The number of rotatable bonds is 75. The summed E-state index contributed by atoms with van der Waals surface area (Å²) in [6, 6.07) is -0.718. The number of nitrogens with one attached hydrogen (secondary N) is 1. The van der Waals surface area contributed by atoms with Crippen LogP contribution in [0.1, 0.15) is 450 Å². The molecule has 0 aromatic carbocycles. The number of carbonyl (C=O) groups excluding carboxylic acids is 1. The Labute approximate surface area is 567 Å². The first-order valence-electron chi connectivity index (χ1n) is 41.4. The number of hydrogen-bond donors (Lipinski definition) is 6. The molecule has 6 N–H and O–H groups in total. The van der Waals surface area contributed by atoms with E-state index in [-0.39, 0.29) is 12.5 Å². The van der Waals surface area contributed by atoms with Gasteiger partial charge in [-0.25, -0.2) is 0 Å². The lowest BCUT2D eigenvalue weighted by Crippen LogP contribution is -2.60. The molecule has 7 unspecified atom stereocenters.